The van der Waals surface area contributed by atoms with Crippen molar-refractivity contribution in [1.29, 1.82) is 0 Å². The Labute approximate surface area is 213 Å². The van der Waals surface area contributed by atoms with E-state index in [0.717, 1.165) is 32.1 Å². The maximum Gasteiger partial charge on any atom is 0.359 e. The molecule has 0 bridgehead atoms. The number of esters is 1. The summed E-state index contributed by atoms with van der Waals surface area (Å²) >= 11 is 0. The van der Waals surface area contributed by atoms with Crippen molar-refractivity contribution in [3.8, 4) is 0 Å². The summed E-state index contributed by atoms with van der Waals surface area (Å²) in [4.78, 5) is 11.5. The second-order valence-corrected chi connectivity index (χ2v) is 14.1. The number of halogens is 1. The zero-order chi connectivity index (χ0) is 26.6. The van der Waals surface area contributed by atoms with Gasteiger partial charge in [-0.05, 0) is 104 Å². The lowest BCUT2D eigenvalue weighted by molar-refractivity contribution is -0.207. The third-order valence-electron chi connectivity index (χ3n) is 11.0. The highest BCUT2D eigenvalue weighted by Crippen LogP contribution is 2.68. The van der Waals surface area contributed by atoms with Crippen molar-refractivity contribution in [1.82, 2.24) is 0 Å². The Kier molecular flexibility index (Phi) is 7.88. The van der Waals surface area contributed by atoms with Gasteiger partial charge in [-0.2, -0.15) is 8.42 Å². The SMILES string of the molecule is CC(CCCOC(=O)C(F)S(=O)(=O)O)C1CCC2C3C(O)CC4CC(O)CCC4(C)C3CC(O)C12C. The number of ether oxygens (including phenoxy) is 1. The molecule has 0 aromatic rings. The molecule has 4 N–H and O–H groups in total. The Morgan fingerprint density at radius 3 is 2.44 bits per heavy atom. The summed E-state index contributed by atoms with van der Waals surface area (Å²) in [5.74, 6) is -0.365. The summed E-state index contributed by atoms with van der Waals surface area (Å²) in [7, 11) is -5.13. The third-order valence-corrected chi connectivity index (χ3v) is 11.7. The Hall–Kier alpha value is -0.810. The molecule has 0 aliphatic heterocycles. The Morgan fingerprint density at radius 1 is 1.08 bits per heavy atom. The van der Waals surface area contributed by atoms with E-state index in [1.165, 1.54) is 0 Å². The molecular formula is C26H43FO8S. The van der Waals surface area contributed by atoms with E-state index in [9.17, 15) is 32.9 Å². The van der Waals surface area contributed by atoms with Crippen LogP contribution in [0.5, 0.6) is 0 Å². The first kappa shape index (κ1) is 28.2. The van der Waals surface area contributed by atoms with E-state index >= 15 is 0 Å². The van der Waals surface area contributed by atoms with Gasteiger partial charge in [-0.1, -0.05) is 20.8 Å². The highest BCUT2D eigenvalue weighted by molar-refractivity contribution is 7.87. The first-order valence-corrected chi connectivity index (χ1v) is 15.0. The Bertz CT molecular complexity index is 929. The van der Waals surface area contributed by atoms with Crippen LogP contribution >= 0.6 is 0 Å². The van der Waals surface area contributed by atoms with E-state index < -0.39 is 33.8 Å². The molecule has 0 aromatic carbocycles. The molecule has 4 aliphatic carbocycles. The number of aliphatic hydroxyl groups is 3. The van der Waals surface area contributed by atoms with Crippen molar-refractivity contribution in [2.75, 3.05) is 6.61 Å². The molecule has 0 spiro atoms. The first-order chi connectivity index (χ1) is 16.7. The van der Waals surface area contributed by atoms with E-state index in [1.807, 2.05) is 0 Å². The smallest absolute Gasteiger partial charge is 0.359 e. The topological polar surface area (TPSA) is 141 Å². The lowest BCUT2D eigenvalue weighted by Crippen LogP contribution is -2.62. The molecule has 36 heavy (non-hydrogen) atoms. The summed E-state index contributed by atoms with van der Waals surface area (Å²) < 4.78 is 48.2. The second-order valence-electron chi connectivity index (χ2n) is 12.6. The molecule has 0 saturated heterocycles. The van der Waals surface area contributed by atoms with Crippen molar-refractivity contribution >= 4 is 16.1 Å². The van der Waals surface area contributed by atoms with Crippen molar-refractivity contribution in [3.05, 3.63) is 0 Å². The van der Waals surface area contributed by atoms with Crippen LogP contribution in [0.2, 0.25) is 0 Å². The fourth-order valence-corrected chi connectivity index (χ4v) is 9.41. The van der Waals surface area contributed by atoms with Gasteiger partial charge >= 0.3 is 21.6 Å². The molecule has 0 radical (unpaired) electrons. The summed E-state index contributed by atoms with van der Waals surface area (Å²) in [6.07, 6.45) is 5.53. The van der Waals surface area contributed by atoms with Gasteiger partial charge in [0, 0.05) is 0 Å². The minimum absolute atomic E-state index is 0.0232. The van der Waals surface area contributed by atoms with E-state index in [-0.39, 0.29) is 59.0 Å². The highest BCUT2D eigenvalue weighted by atomic mass is 32.2. The van der Waals surface area contributed by atoms with Crippen LogP contribution in [-0.2, 0) is 19.6 Å². The summed E-state index contributed by atoms with van der Waals surface area (Å²) in [6.45, 7) is 6.43. The van der Waals surface area contributed by atoms with Crippen LogP contribution in [0.1, 0.15) is 78.6 Å². The van der Waals surface area contributed by atoms with Gasteiger partial charge in [-0.25, -0.2) is 9.18 Å². The Morgan fingerprint density at radius 2 is 1.78 bits per heavy atom. The minimum atomic E-state index is -5.13. The minimum Gasteiger partial charge on any atom is -0.463 e. The molecule has 0 aromatic heterocycles. The molecule has 0 amide bonds. The fourth-order valence-electron chi connectivity index (χ4n) is 9.10. The molecular weight excluding hydrogens is 491 g/mol. The molecule has 12 unspecified atom stereocenters. The molecule has 4 fully saturated rings. The molecule has 8 nitrogen and oxygen atoms in total. The monoisotopic (exact) mass is 534 g/mol. The van der Waals surface area contributed by atoms with Gasteiger partial charge < -0.3 is 20.1 Å². The first-order valence-electron chi connectivity index (χ1n) is 13.5. The zero-order valence-corrected chi connectivity index (χ0v) is 22.4. The van der Waals surface area contributed by atoms with E-state index in [2.05, 4.69) is 20.8 Å². The number of aliphatic hydroxyl groups excluding tert-OH is 3. The molecule has 4 saturated carbocycles. The van der Waals surface area contributed by atoms with Gasteiger partial charge in [-0.3, -0.25) is 4.55 Å². The molecule has 10 heteroatoms. The van der Waals surface area contributed by atoms with Crippen LogP contribution in [0.4, 0.5) is 4.39 Å². The van der Waals surface area contributed by atoms with E-state index in [4.69, 9.17) is 9.29 Å². The summed E-state index contributed by atoms with van der Waals surface area (Å²) in [5.41, 5.74) is -3.41. The van der Waals surface area contributed by atoms with Crippen molar-refractivity contribution in [2.45, 2.75) is 102 Å². The summed E-state index contributed by atoms with van der Waals surface area (Å²) in [6, 6.07) is 0. The van der Waals surface area contributed by atoms with Gasteiger partial charge in [0.1, 0.15) is 0 Å². The third kappa shape index (κ3) is 4.74. The lowest BCUT2D eigenvalue weighted by Gasteiger charge is -2.63. The van der Waals surface area contributed by atoms with Crippen LogP contribution in [-0.4, -0.2) is 64.7 Å². The number of hydrogen-bond acceptors (Lipinski definition) is 7. The number of alkyl halides is 1. The van der Waals surface area contributed by atoms with Gasteiger partial charge in [0.25, 0.3) is 0 Å². The van der Waals surface area contributed by atoms with Crippen LogP contribution in [0.15, 0.2) is 0 Å². The summed E-state index contributed by atoms with van der Waals surface area (Å²) in [5, 5.41) is 33.2. The maximum atomic E-state index is 13.4. The van der Waals surface area contributed by atoms with Crippen LogP contribution < -0.4 is 0 Å². The van der Waals surface area contributed by atoms with Crippen molar-refractivity contribution in [2.24, 2.45) is 46.3 Å². The van der Waals surface area contributed by atoms with Crippen LogP contribution in [0.3, 0.4) is 0 Å². The van der Waals surface area contributed by atoms with Crippen molar-refractivity contribution < 1.29 is 42.2 Å². The number of carbonyl (C=O) groups excluding carboxylic acids is 1. The fraction of sp³-hybridized carbons (Fsp3) is 0.962. The standard InChI is InChI=1S/C26H43FO8S/c1-14(5-4-10-35-24(31)23(27)36(32,33)34)17-6-7-18-22-19(13-21(30)26(17,18)3)25(2)9-8-16(28)11-15(25)12-20(22)29/h14-23,28-30H,4-13H2,1-3H3,(H,32,33,34). The molecule has 12 atom stereocenters. The predicted molar refractivity (Wildman–Crippen MR) is 130 cm³/mol. The lowest BCUT2D eigenvalue weighted by atomic mass is 9.43. The largest absolute Gasteiger partial charge is 0.463 e. The van der Waals surface area contributed by atoms with Gasteiger partial charge in [0.2, 0.25) is 0 Å². The Balaban J connectivity index is 1.41. The number of hydrogen-bond donors (Lipinski definition) is 4. The molecule has 0 heterocycles. The maximum absolute atomic E-state index is 13.4. The van der Waals surface area contributed by atoms with Crippen LogP contribution in [0.25, 0.3) is 0 Å². The molecule has 4 rings (SSSR count). The number of rotatable bonds is 7. The normalized spacial score (nSPS) is 46.2. The zero-order valence-electron chi connectivity index (χ0n) is 21.6. The van der Waals surface area contributed by atoms with E-state index in [0.29, 0.717) is 25.7 Å². The van der Waals surface area contributed by atoms with Gasteiger partial charge in [-0.15, -0.1) is 0 Å². The number of carbonyl (C=O) groups is 1. The van der Waals surface area contributed by atoms with Gasteiger partial charge in [0.05, 0.1) is 24.9 Å². The van der Waals surface area contributed by atoms with E-state index in [1.54, 1.807) is 0 Å². The van der Waals surface area contributed by atoms with Crippen LogP contribution in [0, 0.1) is 46.3 Å². The molecule has 4 aliphatic rings. The second kappa shape index (κ2) is 10.1. The van der Waals surface area contributed by atoms with Gasteiger partial charge in [0.15, 0.2) is 0 Å². The average molecular weight is 535 g/mol. The molecule has 208 valence electrons. The number of fused-ring (bicyclic) bond motifs is 5. The quantitative estimate of drug-likeness (QED) is 0.222. The predicted octanol–water partition coefficient (Wildman–Crippen LogP) is 3.09. The van der Waals surface area contributed by atoms with Crippen molar-refractivity contribution in [3.63, 3.8) is 0 Å². The average Bonchev–Trinajstić information content (AvgIpc) is 3.15. The highest BCUT2D eigenvalue weighted by Gasteiger charge is 2.65.